The first-order chi connectivity index (χ1) is 8.26. The fourth-order valence-electron chi connectivity index (χ4n) is 2.00. The molecule has 1 heterocycles. The zero-order valence-electron chi connectivity index (χ0n) is 10.1. The van der Waals surface area contributed by atoms with Crippen molar-refractivity contribution in [1.29, 1.82) is 0 Å². The molecule has 90 valence electrons. The minimum absolute atomic E-state index is 0.238. The van der Waals surface area contributed by atoms with Crippen LogP contribution in [0, 0.1) is 0 Å². The van der Waals surface area contributed by atoms with Crippen molar-refractivity contribution in [2.45, 2.75) is 19.9 Å². The van der Waals surface area contributed by atoms with Gasteiger partial charge in [-0.15, -0.1) is 0 Å². The molecule has 4 heteroatoms. The molecule has 0 aliphatic heterocycles. The number of carbonyl (C=O) groups is 1. The molecule has 1 aromatic carbocycles. The van der Waals surface area contributed by atoms with E-state index in [1.165, 1.54) is 0 Å². The normalized spacial score (nSPS) is 10.9. The van der Waals surface area contributed by atoms with Crippen molar-refractivity contribution >= 4 is 28.6 Å². The molecule has 0 saturated heterocycles. The lowest BCUT2D eigenvalue weighted by atomic mass is 10.3. The largest absolute Gasteiger partial charge is 0.328 e. The van der Waals surface area contributed by atoms with Gasteiger partial charge in [-0.25, -0.2) is 4.98 Å². The van der Waals surface area contributed by atoms with Gasteiger partial charge in [0.25, 0.3) is 0 Å². The smallest absolute Gasteiger partial charge is 0.150 e. The number of carbonyl (C=O) groups excluding carboxylic acids is 1. The number of hydrogen-bond acceptors (Lipinski definition) is 3. The van der Waals surface area contributed by atoms with Gasteiger partial charge in [-0.1, -0.05) is 12.1 Å². The maximum atomic E-state index is 11.7. The van der Waals surface area contributed by atoms with Crippen LogP contribution in [-0.4, -0.2) is 27.3 Å². The predicted molar refractivity (Wildman–Crippen MR) is 72.5 cm³/mol. The van der Waals surface area contributed by atoms with Gasteiger partial charge >= 0.3 is 0 Å². The van der Waals surface area contributed by atoms with E-state index in [2.05, 4.69) is 16.5 Å². The van der Waals surface area contributed by atoms with Crippen molar-refractivity contribution < 1.29 is 4.79 Å². The molecule has 0 spiro atoms. The maximum Gasteiger partial charge on any atom is 0.150 e. The van der Waals surface area contributed by atoms with Gasteiger partial charge in [-0.3, -0.25) is 4.79 Å². The number of Topliss-reactive ketones (excluding diaryl/α,β-unsaturated/α-hetero) is 1. The molecule has 0 aliphatic carbocycles. The van der Waals surface area contributed by atoms with Gasteiger partial charge in [0.05, 0.1) is 23.2 Å². The van der Waals surface area contributed by atoms with Gasteiger partial charge in [-0.2, -0.15) is 11.8 Å². The number of imidazole rings is 1. The van der Waals surface area contributed by atoms with Crippen LogP contribution in [0.15, 0.2) is 24.3 Å². The van der Waals surface area contributed by atoms with Crippen molar-refractivity contribution in [3.05, 3.63) is 30.1 Å². The Morgan fingerprint density at radius 3 is 2.88 bits per heavy atom. The highest BCUT2D eigenvalue weighted by Crippen LogP contribution is 2.16. The van der Waals surface area contributed by atoms with Crippen molar-refractivity contribution in [2.24, 2.45) is 0 Å². The Hall–Kier alpha value is -1.29. The molecule has 0 saturated carbocycles. The predicted octanol–water partition coefficient (Wildman–Crippen LogP) is 2.53. The Kier molecular flexibility index (Phi) is 3.84. The molecule has 2 rings (SSSR count). The van der Waals surface area contributed by atoms with Crippen LogP contribution < -0.4 is 0 Å². The Bertz CT molecular complexity index is 533. The number of para-hydroxylation sites is 2. The lowest BCUT2D eigenvalue weighted by Gasteiger charge is -2.04. The van der Waals surface area contributed by atoms with E-state index in [0.29, 0.717) is 12.2 Å². The molecular weight excluding hydrogens is 232 g/mol. The monoisotopic (exact) mass is 248 g/mol. The summed E-state index contributed by atoms with van der Waals surface area (Å²) in [6, 6.07) is 8.02. The Morgan fingerprint density at radius 2 is 2.18 bits per heavy atom. The van der Waals surface area contributed by atoms with Gasteiger partial charge < -0.3 is 4.57 Å². The summed E-state index contributed by atoms with van der Waals surface area (Å²) in [6.07, 6.45) is 2.38. The average molecular weight is 248 g/mol. The van der Waals surface area contributed by atoms with Gasteiger partial charge in [0.2, 0.25) is 0 Å². The number of hydrogen-bond donors (Lipinski definition) is 0. The number of aryl methyl sites for hydroxylation is 1. The Labute approximate surface area is 105 Å². The Balaban J connectivity index is 2.36. The van der Waals surface area contributed by atoms with Crippen LogP contribution in [0.3, 0.4) is 0 Å². The number of fused-ring (bicyclic) bond motifs is 1. The molecule has 0 radical (unpaired) electrons. The molecule has 0 aliphatic rings. The van der Waals surface area contributed by atoms with Crippen LogP contribution in [0.2, 0.25) is 0 Å². The number of nitrogens with zero attached hydrogens (tertiary/aromatic N) is 2. The van der Waals surface area contributed by atoms with E-state index in [1.54, 1.807) is 11.8 Å². The zero-order valence-corrected chi connectivity index (χ0v) is 11.0. The van der Waals surface area contributed by atoms with Crippen molar-refractivity contribution in [1.82, 2.24) is 9.55 Å². The van der Waals surface area contributed by atoms with E-state index in [9.17, 15) is 4.79 Å². The maximum absolute atomic E-state index is 11.7. The minimum atomic E-state index is 0.238. The van der Waals surface area contributed by atoms with E-state index in [4.69, 9.17) is 0 Å². The first-order valence-electron chi connectivity index (χ1n) is 5.71. The number of rotatable bonds is 5. The van der Waals surface area contributed by atoms with E-state index >= 15 is 0 Å². The van der Waals surface area contributed by atoms with Crippen LogP contribution in [-0.2, 0) is 17.8 Å². The molecule has 0 fully saturated rings. The van der Waals surface area contributed by atoms with Crippen molar-refractivity contribution in [2.75, 3.05) is 12.0 Å². The molecule has 0 bridgehead atoms. The highest BCUT2D eigenvalue weighted by atomic mass is 32.2. The summed E-state index contributed by atoms with van der Waals surface area (Å²) >= 11 is 1.56. The summed E-state index contributed by atoms with van der Waals surface area (Å²) < 4.78 is 2.12. The molecule has 17 heavy (non-hydrogen) atoms. The van der Waals surface area contributed by atoms with Gasteiger partial charge in [0.1, 0.15) is 11.6 Å². The van der Waals surface area contributed by atoms with E-state index < -0.39 is 0 Å². The molecule has 1 aromatic heterocycles. The first-order valence-corrected chi connectivity index (χ1v) is 7.10. The summed E-state index contributed by atoms with van der Waals surface area (Å²) in [5.41, 5.74) is 2.09. The van der Waals surface area contributed by atoms with Crippen LogP contribution >= 0.6 is 11.8 Å². The average Bonchev–Trinajstić information content (AvgIpc) is 2.66. The summed E-state index contributed by atoms with van der Waals surface area (Å²) in [6.45, 7) is 2.93. The minimum Gasteiger partial charge on any atom is -0.328 e. The first kappa shape index (κ1) is 12.2. The molecule has 0 amide bonds. The molecule has 3 nitrogen and oxygen atoms in total. The molecule has 0 N–H and O–H groups in total. The van der Waals surface area contributed by atoms with Gasteiger partial charge in [0.15, 0.2) is 0 Å². The lowest BCUT2D eigenvalue weighted by Crippen LogP contribution is -2.11. The molecule has 0 unspecified atom stereocenters. The zero-order chi connectivity index (χ0) is 12.3. The standard InChI is InChI=1S/C13H16N2OS/c1-3-15-12-7-5-4-6-11(12)14-13(15)8-10(16)9-17-2/h4-7H,3,8-9H2,1-2H3. The van der Waals surface area contributed by atoms with E-state index in [-0.39, 0.29) is 5.78 Å². The fourth-order valence-corrected chi connectivity index (χ4v) is 2.43. The highest BCUT2D eigenvalue weighted by Gasteiger charge is 2.12. The van der Waals surface area contributed by atoms with Crippen LogP contribution in [0.5, 0.6) is 0 Å². The third-order valence-corrected chi connectivity index (χ3v) is 3.32. The molecular formula is C13H16N2OS. The topological polar surface area (TPSA) is 34.9 Å². The Morgan fingerprint density at radius 1 is 1.41 bits per heavy atom. The van der Waals surface area contributed by atoms with Crippen molar-refractivity contribution in [3.8, 4) is 0 Å². The molecule has 0 atom stereocenters. The van der Waals surface area contributed by atoms with Crippen LogP contribution in [0.25, 0.3) is 11.0 Å². The summed E-state index contributed by atoms with van der Waals surface area (Å²) in [5, 5.41) is 0. The second kappa shape index (κ2) is 5.36. The number of thioether (sulfide) groups is 1. The number of aromatic nitrogens is 2. The van der Waals surface area contributed by atoms with Gasteiger partial charge in [-0.05, 0) is 25.3 Å². The quantitative estimate of drug-likeness (QED) is 0.815. The second-order valence-electron chi connectivity index (χ2n) is 3.91. The highest BCUT2D eigenvalue weighted by molar-refractivity contribution is 7.99. The number of benzene rings is 1. The van der Waals surface area contributed by atoms with E-state index in [1.807, 2.05) is 30.5 Å². The van der Waals surface area contributed by atoms with Crippen molar-refractivity contribution in [3.63, 3.8) is 0 Å². The summed E-state index contributed by atoms with van der Waals surface area (Å²) in [5.74, 6) is 1.68. The van der Waals surface area contributed by atoms with Crippen LogP contribution in [0.1, 0.15) is 12.7 Å². The fraction of sp³-hybridized carbons (Fsp3) is 0.385. The van der Waals surface area contributed by atoms with Gasteiger partial charge in [0, 0.05) is 6.54 Å². The van der Waals surface area contributed by atoms with Crippen LogP contribution in [0.4, 0.5) is 0 Å². The summed E-state index contributed by atoms with van der Waals surface area (Å²) in [4.78, 5) is 16.2. The molecule has 2 aromatic rings. The van der Waals surface area contributed by atoms with E-state index in [0.717, 1.165) is 23.4 Å². The third kappa shape index (κ3) is 2.52. The lowest BCUT2D eigenvalue weighted by molar-refractivity contribution is -0.116. The summed E-state index contributed by atoms with van der Waals surface area (Å²) in [7, 11) is 0. The third-order valence-electron chi connectivity index (χ3n) is 2.71. The second-order valence-corrected chi connectivity index (χ2v) is 4.78. The number of ketones is 1. The SMILES string of the molecule is CCn1c(CC(=O)CSC)nc2ccccc21.